The van der Waals surface area contributed by atoms with Crippen LogP contribution in [0.15, 0.2) is 48.8 Å². The predicted octanol–water partition coefficient (Wildman–Crippen LogP) is 3.09. The molecule has 0 aliphatic carbocycles. The van der Waals surface area contributed by atoms with Crippen LogP contribution in [-0.4, -0.2) is 20.4 Å². The lowest BCUT2D eigenvalue weighted by Gasteiger charge is -2.08. The zero-order valence-electron chi connectivity index (χ0n) is 11.8. The molecule has 2 heterocycles. The summed E-state index contributed by atoms with van der Waals surface area (Å²) in [6, 6.07) is 11.3. The number of pyridine rings is 1. The fraction of sp³-hybridized carbons (Fsp3) is 0.188. The Labute approximate surface area is 122 Å². The molecule has 1 N–H and O–H groups in total. The number of para-hydroxylation sites is 2. The zero-order valence-corrected chi connectivity index (χ0v) is 11.8. The monoisotopic (exact) mass is 280 g/mol. The highest BCUT2D eigenvalue weighted by atomic mass is 16.1. The Morgan fingerprint density at radius 2 is 2.10 bits per heavy atom. The first-order valence-corrected chi connectivity index (χ1v) is 6.96. The minimum absolute atomic E-state index is 0.198. The first kappa shape index (κ1) is 13.3. The zero-order chi connectivity index (χ0) is 14.7. The first-order chi connectivity index (χ1) is 10.3. The van der Waals surface area contributed by atoms with Gasteiger partial charge in [0.15, 0.2) is 0 Å². The lowest BCUT2D eigenvalue weighted by molar-refractivity contribution is 0.102. The molecule has 3 aromatic rings. The van der Waals surface area contributed by atoms with Gasteiger partial charge in [0.1, 0.15) is 0 Å². The quantitative estimate of drug-likeness (QED) is 0.799. The molecular weight excluding hydrogens is 264 g/mol. The van der Waals surface area contributed by atoms with E-state index in [0.717, 1.165) is 24.0 Å². The van der Waals surface area contributed by atoms with E-state index in [0.29, 0.717) is 11.5 Å². The maximum atomic E-state index is 12.2. The maximum Gasteiger partial charge on any atom is 0.259 e. The average molecular weight is 280 g/mol. The average Bonchev–Trinajstić information content (AvgIpc) is 2.86. The van der Waals surface area contributed by atoms with Crippen molar-refractivity contribution in [3.05, 3.63) is 54.4 Å². The Bertz CT molecular complexity index is 764. The van der Waals surface area contributed by atoms with Crippen LogP contribution in [0.3, 0.4) is 0 Å². The molecule has 0 spiro atoms. The third-order valence-electron chi connectivity index (χ3n) is 3.25. The van der Waals surface area contributed by atoms with E-state index in [1.165, 1.54) is 0 Å². The number of hydrogen-bond donors (Lipinski definition) is 1. The molecule has 0 unspecified atom stereocenters. The van der Waals surface area contributed by atoms with Crippen molar-refractivity contribution >= 4 is 22.9 Å². The molecule has 0 atom stereocenters. The molecule has 21 heavy (non-hydrogen) atoms. The number of rotatable bonds is 4. The van der Waals surface area contributed by atoms with E-state index in [-0.39, 0.29) is 5.91 Å². The van der Waals surface area contributed by atoms with Gasteiger partial charge in [-0.1, -0.05) is 19.1 Å². The van der Waals surface area contributed by atoms with Gasteiger partial charge in [-0.05, 0) is 30.7 Å². The number of imidazole rings is 1. The molecule has 1 amide bonds. The highest BCUT2D eigenvalue weighted by Gasteiger charge is 2.13. The summed E-state index contributed by atoms with van der Waals surface area (Å²) in [5, 5.41) is 2.87. The van der Waals surface area contributed by atoms with Crippen molar-refractivity contribution < 1.29 is 4.79 Å². The van der Waals surface area contributed by atoms with Gasteiger partial charge in [-0.3, -0.25) is 15.1 Å². The molecule has 3 rings (SSSR count). The van der Waals surface area contributed by atoms with Crippen LogP contribution in [0, 0.1) is 0 Å². The molecule has 1 aromatic carbocycles. The summed E-state index contributed by atoms with van der Waals surface area (Å²) >= 11 is 0. The van der Waals surface area contributed by atoms with Crippen molar-refractivity contribution in [2.75, 3.05) is 5.32 Å². The molecule has 2 aromatic heterocycles. The smallest absolute Gasteiger partial charge is 0.259 e. The number of hydrogen-bond acceptors (Lipinski definition) is 3. The topological polar surface area (TPSA) is 59.8 Å². The third kappa shape index (κ3) is 2.63. The number of amides is 1. The second kappa shape index (κ2) is 5.75. The normalized spacial score (nSPS) is 10.7. The standard InChI is InChI=1S/C16H16N4O/c1-2-10-20-14-8-4-3-7-13(14)18-16(20)19-15(21)12-6-5-9-17-11-12/h3-9,11H,2,10H2,1H3,(H,18,19,21). The SMILES string of the molecule is CCCn1c(NC(=O)c2cccnc2)nc2ccccc21. The molecular formula is C16H16N4O. The minimum atomic E-state index is -0.198. The molecule has 0 bridgehead atoms. The molecule has 0 fully saturated rings. The fourth-order valence-electron chi connectivity index (χ4n) is 2.29. The molecule has 5 nitrogen and oxygen atoms in total. The molecule has 0 saturated carbocycles. The van der Waals surface area contributed by atoms with Gasteiger partial charge in [-0.25, -0.2) is 4.98 Å². The number of benzene rings is 1. The molecule has 0 aliphatic heterocycles. The second-order valence-electron chi connectivity index (χ2n) is 4.77. The van der Waals surface area contributed by atoms with Crippen LogP contribution < -0.4 is 5.32 Å². The Morgan fingerprint density at radius 3 is 2.86 bits per heavy atom. The van der Waals surface area contributed by atoms with Gasteiger partial charge in [0, 0.05) is 18.9 Å². The molecule has 0 aliphatic rings. The number of carbonyl (C=O) groups is 1. The highest BCUT2D eigenvalue weighted by molar-refractivity contribution is 6.03. The summed E-state index contributed by atoms with van der Waals surface area (Å²) in [4.78, 5) is 20.7. The van der Waals surface area contributed by atoms with Crippen molar-refractivity contribution in [2.45, 2.75) is 19.9 Å². The van der Waals surface area contributed by atoms with Gasteiger partial charge >= 0.3 is 0 Å². The first-order valence-electron chi connectivity index (χ1n) is 6.96. The number of fused-ring (bicyclic) bond motifs is 1. The summed E-state index contributed by atoms with van der Waals surface area (Å²) in [6.07, 6.45) is 4.15. The van der Waals surface area contributed by atoms with Gasteiger partial charge in [0.25, 0.3) is 5.91 Å². The van der Waals surface area contributed by atoms with E-state index in [9.17, 15) is 4.79 Å². The number of aryl methyl sites for hydroxylation is 1. The van der Waals surface area contributed by atoms with Crippen LogP contribution in [0.25, 0.3) is 11.0 Å². The second-order valence-corrected chi connectivity index (χ2v) is 4.77. The van der Waals surface area contributed by atoms with E-state index in [2.05, 4.69) is 22.2 Å². The number of aromatic nitrogens is 3. The molecule has 106 valence electrons. The van der Waals surface area contributed by atoms with E-state index in [1.54, 1.807) is 24.5 Å². The fourth-order valence-corrected chi connectivity index (χ4v) is 2.29. The van der Waals surface area contributed by atoms with Crippen molar-refractivity contribution in [2.24, 2.45) is 0 Å². The van der Waals surface area contributed by atoms with Gasteiger partial charge in [0.05, 0.1) is 16.6 Å². The Kier molecular flexibility index (Phi) is 3.64. The lowest BCUT2D eigenvalue weighted by Crippen LogP contribution is -2.16. The summed E-state index contributed by atoms with van der Waals surface area (Å²) in [7, 11) is 0. The van der Waals surface area contributed by atoms with Gasteiger partial charge in [-0.2, -0.15) is 0 Å². The number of carbonyl (C=O) groups excluding carboxylic acids is 1. The molecule has 0 radical (unpaired) electrons. The van der Waals surface area contributed by atoms with Crippen molar-refractivity contribution in [3.63, 3.8) is 0 Å². The van der Waals surface area contributed by atoms with Crippen LogP contribution in [0.2, 0.25) is 0 Å². The van der Waals surface area contributed by atoms with E-state index in [4.69, 9.17) is 0 Å². The van der Waals surface area contributed by atoms with E-state index < -0.39 is 0 Å². The van der Waals surface area contributed by atoms with Gasteiger partial charge in [0.2, 0.25) is 5.95 Å². The van der Waals surface area contributed by atoms with Crippen LogP contribution in [0.4, 0.5) is 5.95 Å². The van der Waals surface area contributed by atoms with E-state index >= 15 is 0 Å². The predicted molar refractivity (Wildman–Crippen MR) is 82.2 cm³/mol. The van der Waals surface area contributed by atoms with Crippen LogP contribution >= 0.6 is 0 Å². The molecule has 5 heteroatoms. The minimum Gasteiger partial charge on any atom is -0.310 e. The largest absolute Gasteiger partial charge is 0.310 e. The summed E-state index contributed by atoms with van der Waals surface area (Å²) < 4.78 is 2.03. The van der Waals surface area contributed by atoms with E-state index in [1.807, 2.05) is 28.8 Å². The third-order valence-corrected chi connectivity index (χ3v) is 3.25. The van der Waals surface area contributed by atoms with Crippen LogP contribution in [0.1, 0.15) is 23.7 Å². The van der Waals surface area contributed by atoms with Crippen molar-refractivity contribution in [1.82, 2.24) is 14.5 Å². The number of nitrogens with one attached hydrogen (secondary N) is 1. The maximum absolute atomic E-state index is 12.2. The molecule has 0 saturated heterocycles. The summed E-state index contributed by atoms with van der Waals surface area (Å²) in [5.41, 5.74) is 2.43. The number of nitrogens with zero attached hydrogens (tertiary/aromatic N) is 3. The van der Waals surface area contributed by atoms with Crippen molar-refractivity contribution in [1.29, 1.82) is 0 Å². The van der Waals surface area contributed by atoms with Crippen molar-refractivity contribution in [3.8, 4) is 0 Å². The Balaban J connectivity index is 1.96. The summed E-state index contributed by atoms with van der Waals surface area (Å²) in [6.45, 7) is 2.91. The van der Waals surface area contributed by atoms with Gasteiger partial charge in [-0.15, -0.1) is 0 Å². The highest BCUT2D eigenvalue weighted by Crippen LogP contribution is 2.20. The number of anilines is 1. The Hall–Kier alpha value is -2.69. The summed E-state index contributed by atoms with van der Waals surface area (Å²) in [5.74, 6) is 0.377. The van der Waals surface area contributed by atoms with Crippen LogP contribution in [-0.2, 0) is 6.54 Å². The van der Waals surface area contributed by atoms with Crippen LogP contribution in [0.5, 0.6) is 0 Å². The lowest BCUT2D eigenvalue weighted by atomic mass is 10.3. The Morgan fingerprint density at radius 1 is 1.24 bits per heavy atom. The van der Waals surface area contributed by atoms with Gasteiger partial charge < -0.3 is 4.57 Å².